The molecular weight excluding hydrogens is 480 g/mol. The number of fused-ring (bicyclic) bond motifs is 1. The Balaban J connectivity index is 1.67. The lowest BCUT2D eigenvalue weighted by Crippen LogP contribution is -2.43. The van der Waals surface area contributed by atoms with Gasteiger partial charge in [0.1, 0.15) is 12.6 Å². The van der Waals surface area contributed by atoms with Crippen LogP contribution in [0, 0.1) is 0 Å². The second-order valence-corrected chi connectivity index (χ2v) is 11.4. The molecule has 188 valence electrons. The highest BCUT2D eigenvalue weighted by atomic mass is 32.2. The quantitative estimate of drug-likeness (QED) is 0.488. The average Bonchev–Trinajstić information content (AvgIpc) is 3.25. The van der Waals surface area contributed by atoms with Crippen LogP contribution < -0.4 is 9.62 Å². The van der Waals surface area contributed by atoms with E-state index in [0.29, 0.717) is 5.56 Å². The molecule has 3 aromatic rings. The molecule has 0 saturated carbocycles. The number of carboxylic acid groups (broad SMARTS) is 1. The molecule has 1 aliphatic rings. The van der Waals surface area contributed by atoms with E-state index < -0.39 is 28.1 Å². The number of sulfonamides is 1. The van der Waals surface area contributed by atoms with Gasteiger partial charge in [0, 0.05) is 6.42 Å². The number of carboxylic acids is 1. The van der Waals surface area contributed by atoms with E-state index in [2.05, 4.69) is 5.32 Å². The minimum atomic E-state index is -4.26. The van der Waals surface area contributed by atoms with Crippen molar-refractivity contribution >= 4 is 33.5 Å². The number of hydrogen-bond donors (Lipinski definition) is 2. The van der Waals surface area contributed by atoms with Crippen molar-refractivity contribution < 1.29 is 27.9 Å². The van der Waals surface area contributed by atoms with E-state index in [1.165, 1.54) is 18.2 Å². The van der Waals surface area contributed by atoms with Crippen LogP contribution in [0.1, 0.15) is 37.5 Å². The van der Waals surface area contributed by atoms with Crippen molar-refractivity contribution in [2.45, 2.75) is 50.2 Å². The number of nitrogens with zero attached hydrogens (tertiary/aromatic N) is 1. The van der Waals surface area contributed by atoms with E-state index >= 15 is 0 Å². The lowest BCUT2D eigenvalue weighted by atomic mass is 9.87. The van der Waals surface area contributed by atoms with Gasteiger partial charge in [0.05, 0.1) is 16.3 Å². The van der Waals surface area contributed by atoms with Crippen LogP contribution in [-0.2, 0) is 38.0 Å². The highest BCUT2D eigenvalue weighted by Gasteiger charge is 2.44. The fraction of sp³-hybridized carbons (Fsp3) is 0.259. The largest absolute Gasteiger partial charge is 0.480 e. The highest BCUT2D eigenvalue weighted by Crippen LogP contribution is 2.42. The van der Waals surface area contributed by atoms with Crippen molar-refractivity contribution in [3.63, 3.8) is 0 Å². The summed E-state index contributed by atoms with van der Waals surface area (Å²) in [4.78, 5) is 24.6. The van der Waals surface area contributed by atoms with Crippen LogP contribution in [0.3, 0.4) is 0 Å². The van der Waals surface area contributed by atoms with Crippen molar-refractivity contribution in [3.05, 3.63) is 89.5 Å². The van der Waals surface area contributed by atoms with E-state index in [9.17, 15) is 23.1 Å². The van der Waals surface area contributed by atoms with Crippen LogP contribution in [0.2, 0.25) is 0 Å². The first-order chi connectivity index (χ1) is 17.0. The smallest absolute Gasteiger partial charge is 0.412 e. The average molecular weight is 509 g/mol. The Kier molecular flexibility index (Phi) is 6.77. The molecule has 2 N–H and O–H groups in total. The van der Waals surface area contributed by atoms with Gasteiger partial charge in [-0.1, -0.05) is 75.4 Å². The maximum absolute atomic E-state index is 13.7. The number of ether oxygens (including phenoxy) is 1. The third-order valence-corrected chi connectivity index (χ3v) is 7.87. The number of carbonyl (C=O) groups is 2. The Morgan fingerprint density at radius 2 is 1.67 bits per heavy atom. The van der Waals surface area contributed by atoms with Crippen LogP contribution in [0.5, 0.6) is 0 Å². The summed E-state index contributed by atoms with van der Waals surface area (Å²) in [5.41, 5.74) is 2.34. The van der Waals surface area contributed by atoms with Crippen LogP contribution in [0.25, 0.3) is 0 Å². The van der Waals surface area contributed by atoms with E-state index in [1.54, 1.807) is 24.3 Å². The molecule has 0 radical (unpaired) electrons. The lowest BCUT2D eigenvalue weighted by molar-refractivity contribution is -0.138. The van der Waals surface area contributed by atoms with Gasteiger partial charge in [-0.25, -0.2) is 22.3 Å². The van der Waals surface area contributed by atoms with Crippen LogP contribution in [-0.4, -0.2) is 31.6 Å². The van der Waals surface area contributed by atoms with Gasteiger partial charge >= 0.3 is 12.1 Å². The number of carbonyl (C=O) groups excluding carboxylic acids is 1. The Labute approximate surface area is 210 Å². The van der Waals surface area contributed by atoms with Gasteiger partial charge < -0.3 is 9.84 Å². The van der Waals surface area contributed by atoms with Crippen molar-refractivity contribution in [3.8, 4) is 0 Å². The third-order valence-electron chi connectivity index (χ3n) is 6.05. The SMILES string of the molecule is CC(C)(C)c1ccc(S(=O)(=O)N2c3c(cccc3NC(=O)OCc3ccccc3)CC2C(=O)O)cc1. The molecule has 9 heteroatoms. The van der Waals surface area contributed by atoms with Gasteiger partial charge in [0.25, 0.3) is 10.0 Å². The second-order valence-electron chi connectivity index (χ2n) is 9.63. The van der Waals surface area contributed by atoms with Crippen LogP contribution >= 0.6 is 0 Å². The molecule has 1 amide bonds. The first-order valence-corrected chi connectivity index (χ1v) is 12.9. The molecule has 0 fully saturated rings. The first-order valence-electron chi connectivity index (χ1n) is 11.5. The molecular formula is C27H28N2O6S. The van der Waals surface area contributed by atoms with Gasteiger partial charge in [0.15, 0.2) is 0 Å². The standard InChI is InChI=1S/C27H28N2O6S/c1-27(2,3)20-12-14-21(15-13-20)36(33,34)29-23(25(30)31)16-19-10-7-11-22(24(19)29)28-26(32)35-17-18-8-5-4-6-9-18/h4-15,23H,16-17H2,1-3H3,(H,28,32)(H,30,31). The van der Waals surface area contributed by atoms with E-state index in [1.807, 2.05) is 51.1 Å². The summed E-state index contributed by atoms with van der Waals surface area (Å²) in [7, 11) is -4.26. The zero-order valence-electron chi connectivity index (χ0n) is 20.3. The summed E-state index contributed by atoms with van der Waals surface area (Å²) in [5.74, 6) is -1.28. The summed E-state index contributed by atoms with van der Waals surface area (Å²) in [5, 5.41) is 12.5. The first kappa shape index (κ1) is 25.2. The molecule has 1 atom stereocenters. The number of amides is 1. The zero-order valence-corrected chi connectivity index (χ0v) is 21.1. The van der Waals surface area contributed by atoms with Crippen molar-refractivity contribution in [1.29, 1.82) is 0 Å². The minimum Gasteiger partial charge on any atom is -0.480 e. The van der Waals surface area contributed by atoms with Gasteiger partial charge in [-0.2, -0.15) is 0 Å². The number of benzene rings is 3. The molecule has 0 saturated heterocycles. The predicted octanol–water partition coefficient (Wildman–Crippen LogP) is 4.94. The normalized spacial score (nSPS) is 15.3. The molecule has 1 aliphatic heterocycles. The maximum Gasteiger partial charge on any atom is 0.412 e. The molecule has 8 nitrogen and oxygen atoms in total. The number of para-hydroxylation sites is 1. The number of anilines is 2. The van der Waals surface area contributed by atoms with Crippen molar-refractivity contribution in [2.24, 2.45) is 0 Å². The van der Waals surface area contributed by atoms with E-state index in [-0.39, 0.29) is 34.7 Å². The Morgan fingerprint density at radius 3 is 2.28 bits per heavy atom. The van der Waals surface area contributed by atoms with Gasteiger partial charge in [-0.05, 0) is 40.3 Å². The maximum atomic E-state index is 13.7. The predicted molar refractivity (Wildman–Crippen MR) is 137 cm³/mol. The molecule has 3 aromatic carbocycles. The Hall–Kier alpha value is -3.85. The second kappa shape index (κ2) is 9.66. The minimum absolute atomic E-state index is 0.0292. The number of aliphatic carboxylic acids is 1. The fourth-order valence-electron chi connectivity index (χ4n) is 4.15. The van der Waals surface area contributed by atoms with E-state index in [4.69, 9.17) is 4.74 Å². The highest BCUT2D eigenvalue weighted by molar-refractivity contribution is 7.93. The Bertz CT molecular complexity index is 1380. The fourth-order valence-corrected chi connectivity index (χ4v) is 5.81. The van der Waals surface area contributed by atoms with Gasteiger partial charge in [-0.3, -0.25) is 5.32 Å². The summed E-state index contributed by atoms with van der Waals surface area (Å²) in [6.07, 6.45) is -0.809. The van der Waals surface area contributed by atoms with Crippen LogP contribution in [0.15, 0.2) is 77.7 Å². The molecule has 0 spiro atoms. The van der Waals surface area contributed by atoms with Gasteiger partial charge in [0.2, 0.25) is 0 Å². The number of nitrogens with one attached hydrogen (secondary N) is 1. The number of rotatable bonds is 6. The molecule has 0 aromatic heterocycles. The van der Waals surface area contributed by atoms with E-state index in [0.717, 1.165) is 15.4 Å². The zero-order chi connectivity index (χ0) is 26.1. The van der Waals surface area contributed by atoms with Gasteiger partial charge in [-0.15, -0.1) is 0 Å². The topological polar surface area (TPSA) is 113 Å². The molecule has 1 unspecified atom stereocenters. The molecule has 36 heavy (non-hydrogen) atoms. The summed E-state index contributed by atoms with van der Waals surface area (Å²) in [6.45, 7) is 6.08. The third kappa shape index (κ3) is 5.06. The van der Waals surface area contributed by atoms with Crippen molar-refractivity contribution in [2.75, 3.05) is 9.62 Å². The molecule has 1 heterocycles. The molecule has 4 rings (SSSR count). The monoisotopic (exact) mass is 508 g/mol. The molecule has 0 bridgehead atoms. The molecule has 0 aliphatic carbocycles. The number of hydrogen-bond acceptors (Lipinski definition) is 5. The van der Waals surface area contributed by atoms with Crippen molar-refractivity contribution in [1.82, 2.24) is 0 Å². The Morgan fingerprint density at radius 1 is 1.00 bits per heavy atom. The summed E-state index contributed by atoms with van der Waals surface area (Å²) < 4.78 is 33.7. The summed E-state index contributed by atoms with van der Waals surface area (Å²) >= 11 is 0. The van der Waals surface area contributed by atoms with Crippen LogP contribution in [0.4, 0.5) is 16.2 Å². The summed E-state index contributed by atoms with van der Waals surface area (Å²) in [6, 6.07) is 19.0. The lowest BCUT2D eigenvalue weighted by Gasteiger charge is -2.26.